The number of methoxy groups -OCH3 is 1. The van der Waals surface area contributed by atoms with Crippen LogP contribution in [0.25, 0.3) is 5.52 Å². The van der Waals surface area contributed by atoms with Crippen molar-refractivity contribution in [2.24, 2.45) is 0 Å². The largest absolute Gasteiger partial charge is 0.445 e. The van der Waals surface area contributed by atoms with E-state index in [0.717, 1.165) is 29.7 Å². The Hall–Kier alpha value is -2.64. The predicted octanol–water partition coefficient (Wildman–Crippen LogP) is 3.91. The number of fused-ring (bicyclic) bond motifs is 1. The molecule has 3 aromatic rings. The molecule has 3 heterocycles. The summed E-state index contributed by atoms with van der Waals surface area (Å²) in [6.45, 7) is 1.24. The number of likely N-dealkylation sites (tertiary alicyclic amines) is 1. The molecule has 1 aliphatic rings. The van der Waals surface area contributed by atoms with Crippen molar-refractivity contribution in [3.05, 3.63) is 65.5 Å². The maximum atomic E-state index is 12.9. The van der Waals surface area contributed by atoms with Gasteiger partial charge in [0.2, 0.25) is 0 Å². The maximum absolute atomic E-state index is 12.9. The number of aromatic nitrogens is 3. The van der Waals surface area contributed by atoms with Crippen LogP contribution in [0.5, 0.6) is 0 Å². The van der Waals surface area contributed by atoms with Gasteiger partial charge < -0.3 is 14.4 Å². The molecule has 0 spiro atoms. The number of carbonyl (C=O) groups excluding carboxylic acids is 1. The molecule has 2 unspecified atom stereocenters. The van der Waals surface area contributed by atoms with Crippen LogP contribution in [0.1, 0.15) is 30.1 Å². The van der Waals surface area contributed by atoms with Gasteiger partial charge in [-0.15, -0.1) is 0 Å². The summed E-state index contributed by atoms with van der Waals surface area (Å²) in [5.74, 6) is 0.953. The third kappa shape index (κ3) is 4.21. The highest BCUT2D eigenvalue weighted by Gasteiger charge is 2.35. The molecule has 0 radical (unpaired) electrons. The number of amides is 1. The molecule has 29 heavy (non-hydrogen) atoms. The first-order valence-electron chi connectivity index (χ1n) is 9.61. The molecule has 0 bridgehead atoms. The van der Waals surface area contributed by atoms with E-state index >= 15 is 0 Å². The van der Waals surface area contributed by atoms with Gasteiger partial charge in [-0.3, -0.25) is 4.40 Å². The molecule has 4 rings (SSSR count). The van der Waals surface area contributed by atoms with Crippen molar-refractivity contribution in [1.29, 1.82) is 0 Å². The molecule has 1 fully saturated rings. The minimum absolute atomic E-state index is 0.0176. The first kappa shape index (κ1) is 19.7. The molecule has 1 aliphatic heterocycles. The third-order valence-corrected chi connectivity index (χ3v) is 5.60. The van der Waals surface area contributed by atoms with Crippen LogP contribution in [-0.2, 0) is 16.1 Å². The lowest BCUT2D eigenvalue weighted by Gasteiger charge is -2.38. The molecule has 8 heteroatoms. The normalized spacial score (nSPS) is 19.4. The molecule has 0 saturated carbocycles. The van der Waals surface area contributed by atoms with E-state index < -0.39 is 0 Å². The van der Waals surface area contributed by atoms with Crippen molar-refractivity contribution in [3.8, 4) is 0 Å². The molecule has 1 saturated heterocycles. The number of piperidine rings is 1. The van der Waals surface area contributed by atoms with Gasteiger partial charge >= 0.3 is 6.09 Å². The standard InChI is InChI=1S/C21H23ClN4O3/c1-28-14-17-8-7-16(20-24-11-18-19(22)23-9-10-25(18)20)12-26(17)21(27)29-13-15-5-3-2-4-6-15/h2-6,9-11,16-17H,7-8,12-14H2,1H3. The zero-order valence-corrected chi connectivity index (χ0v) is 17.0. The van der Waals surface area contributed by atoms with E-state index in [9.17, 15) is 4.79 Å². The summed E-state index contributed by atoms with van der Waals surface area (Å²) in [5.41, 5.74) is 1.72. The number of imidazole rings is 1. The van der Waals surface area contributed by atoms with E-state index in [1.165, 1.54) is 0 Å². The van der Waals surface area contributed by atoms with Crippen molar-refractivity contribution in [2.75, 3.05) is 20.3 Å². The summed E-state index contributed by atoms with van der Waals surface area (Å²) in [6, 6.07) is 9.65. The number of ether oxygens (including phenoxy) is 2. The molecule has 0 aliphatic carbocycles. The summed E-state index contributed by atoms with van der Waals surface area (Å²) in [4.78, 5) is 23.3. The fourth-order valence-electron chi connectivity index (χ4n) is 3.85. The Morgan fingerprint density at radius 2 is 2.07 bits per heavy atom. The van der Waals surface area contributed by atoms with Crippen LogP contribution >= 0.6 is 11.6 Å². The van der Waals surface area contributed by atoms with Crippen LogP contribution < -0.4 is 0 Å². The van der Waals surface area contributed by atoms with Gasteiger partial charge in [0.15, 0.2) is 5.15 Å². The fraction of sp³-hybridized carbons (Fsp3) is 0.381. The van der Waals surface area contributed by atoms with E-state index in [-0.39, 0.29) is 24.7 Å². The van der Waals surface area contributed by atoms with Crippen molar-refractivity contribution in [2.45, 2.75) is 31.4 Å². The van der Waals surface area contributed by atoms with E-state index in [2.05, 4.69) is 9.97 Å². The minimum atomic E-state index is -0.332. The Labute approximate surface area is 174 Å². The Balaban J connectivity index is 1.52. The molecule has 152 valence electrons. The van der Waals surface area contributed by atoms with Crippen molar-refractivity contribution >= 4 is 23.2 Å². The van der Waals surface area contributed by atoms with E-state index in [4.69, 9.17) is 21.1 Å². The van der Waals surface area contributed by atoms with Gasteiger partial charge in [0.05, 0.1) is 18.8 Å². The Morgan fingerprint density at radius 3 is 2.86 bits per heavy atom. The highest BCUT2D eigenvalue weighted by Crippen LogP contribution is 2.31. The topological polar surface area (TPSA) is 69.0 Å². The fourth-order valence-corrected chi connectivity index (χ4v) is 4.04. The summed E-state index contributed by atoms with van der Waals surface area (Å²) in [6.07, 6.45) is 6.61. The van der Waals surface area contributed by atoms with Crippen LogP contribution in [0.3, 0.4) is 0 Å². The highest BCUT2D eigenvalue weighted by molar-refractivity contribution is 6.32. The van der Waals surface area contributed by atoms with Gasteiger partial charge in [0.1, 0.15) is 17.9 Å². The number of halogens is 1. The number of hydrogen-bond acceptors (Lipinski definition) is 5. The SMILES string of the molecule is COCC1CCC(c2ncc3c(Cl)nccn23)CN1C(=O)OCc1ccccc1. The summed E-state index contributed by atoms with van der Waals surface area (Å²) >= 11 is 6.18. The van der Waals surface area contributed by atoms with E-state index in [1.807, 2.05) is 40.9 Å². The second-order valence-corrected chi connectivity index (χ2v) is 7.52. The van der Waals surface area contributed by atoms with E-state index in [1.54, 1.807) is 24.4 Å². The zero-order valence-electron chi connectivity index (χ0n) is 16.2. The monoisotopic (exact) mass is 414 g/mol. The third-order valence-electron chi connectivity index (χ3n) is 5.31. The number of nitrogens with zero attached hydrogens (tertiary/aromatic N) is 4. The second-order valence-electron chi connectivity index (χ2n) is 7.17. The van der Waals surface area contributed by atoms with Gasteiger partial charge in [-0.2, -0.15) is 0 Å². The Kier molecular flexibility index (Phi) is 5.97. The molecular weight excluding hydrogens is 392 g/mol. The van der Waals surface area contributed by atoms with Crippen LogP contribution in [0.4, 0.5) is 4.79 Å². The molecule has 2 atom stereocenters. The number of rotatable bonds is 5. The number of carbonyl (C=O) groups is 1. The van der Waals surface area contributed by atoms with Crippen LogP contribution in [0.2, 0.25) is 5.15 Å². The van der Waals surface area contributed by atoms with Gasteiger partial charge in [-0.1, -0.05) is 41.9 Å². The quantitative estimate of drug-likeness (QED) is 0.633. The average Bonchev–Trinajstić information content (AvgIpc) is 3.19. The smallest absolute Gasteiger partial charge is 0.410 e. The summed E-state index contributed by atoms with van der Waals surface area (Å²) in [5, 5.41) is 0.415. The Morgan fingerprint density at radius 1 is 1.24 bits per heavy atom. The van der Waals surface area contributed by atoms with Gasteiger partial charge in [-0.25, -0.2) is 14.8 Å². The van der Waals surface area contributed by atoms with Crippen molar-refractivity contribution in [3.63, 3.8) is 0 Å². The molecule has 1 aromatic carbocycles. The summed E-state index contributed by atoms with van der Waals surface area (Å²) in [7, 11) is 1.65. The molecule has 1 amide bonds. The molecule has 7 nitrogen and oxygen atoms in total. The number of benzene rings is 1. The molecule has 2 aromatic heterocycles. The predicted molar refractivity (Wildman–Crippen MR) is 109 cm³/mol. The second kappa shape index (κ2) is 8.80. The van der Waals surface area contributed by atoms with E-state index in [0.29, 0.717) is 18.3 Å². The zero-order chi connectivity index (χ0) is 20.2. The lowest BCUT2D eigenvalue weighted by atomic mass is 9.92. The first-order valence-corrected chi connectivity index (χ1v) is 9.99. The van der Waals surface area contributed by atoms with Gasteiger partial charge in [0.25, 0.3) is 0 Å². The Bertz CT molecular complexity index is 978. The summed E-state index contributed by atoms with van der Waals surface area (Å²) < 4.78 is 12.9. The van der Waals surface area contributed by atoms with Crippen LogP contribution in [0, 0.1) is 0 Å². The maximum Gasteiger partial charge on any atom is 0.410 e. The van der Waals surface area contributed by atoms with Crippen LogP contribution in [0.15, 0.2) is 48.9 Å². The lowest BCUT2D eigenvalue weighted by molar-refractivity contribution is 0.0338. The van der Waals surface area contributed by atoms with Gasteiger partial charge in [0, 0.05) is 32.0 Å². The molecular formula is C21H23ClN4O3. The van der Waals surface area contributed by atoms with Crippen molar-refractivity contribution in [1.82, 2.24) is 19.3 Å². The lowest BCUT2D eigenvalue weighted by Crippen LogP contribution is -2.48. The van der Waals surface area contributed by atoms with Gasteiger partial charge in [-0.05, 0) is 18.4 Å². The van der Waals surface area contributed by atoms with Crippen molar-refractivity contribution < 1.29 is 14.3 Å². The first-order chi connectivity index (χ1) is 14.2. The average molecular weight is 415 g/mol. The number of hydrogen-bond donors (Lipinski definition) is 0. The highest BCUT2D eigenvalue weighted by atomic mass is 35.5. The minimum Gasteiger partial charge on any atom is -0.445 e. The molecule has 0 N–H and O–H groups in total. The van der Waals surface area contributed by atoms with Crippen LogP contribution in [-0.4, -0.2) is 51.7 Å².